The Morgan fingerprint density at radius 3 is 1.54 bits per heavy atom. The highest BCUT2D eigenvalue weighted by Crippen LogP contribution is 2.26. The van der Waals surface area contributed by atoms with E-state index in [1.807, 2.05) is 0 Å². The quantitative estimate of drug-likeness (QED) is 0.172. The van der Waals surface area contributed by atoms with E-state index in [4.69, 9.17) is 0 Å². The van der Waals surface area contributed by atoms with Crippen molar-refractivity contribution >= 4 is 22.6 Å². The molecule has 0 bridgehead atoms. The van der Waals surface area contributed by atoms with Gasteiger partial charge in [0.25, 0.3) is 0 Å². The second-order valence-corrected chi connectivity index (χ2v) is 13.0. The van der Waals surface area contributed by atoms with Crippen LogP contribution in [0.3, 0.4) is 0 Å². The van der Waals surface area contributed by atoms with E-state index in [2.05, 4.69) is 83.2 Å². The summed E-state index contributed by atoms with van der Waals surface area (Å²) in [6.45, 7) is 16.3. The van der Waals surface area contributed by atoms with E-state index in [0.717, 1.165) is 0 Å². The van der Waals surface area contributed by atoms with Crippen LogP contribution in [0.15, 0.2) is 12.1 Å². The van der Waals surface area contributed by atoms with Crippen molar-refractivity contribution < 1.29 is 0 Å². The summed E-state index contributed by atoms with van der Waals surface area (Å²) in [4.78, 5) is 0. The van der Waals surface area contributed by atoms with Crippen LogP contribution in [-0.4, -0.2) is 3.42 Å². The minimum absolute atomic E-state index is 0.456. The normalized spacial score (nSPS) is 12.6. The number of aryl methyl sites for hydroxylation is 4. The summed E-state index contributed by atoms with van der Waals surface area (Å²) >= 11 is 2.58. The van der Waals surface area contributed by atoms with Gasteiger partial charge >= 0.3 is 0 Å². The molecule has 0 unspecified atom stereocenters. The van der Waals surface area contributed by atoms with Gasteiger partial charge in [-0.15, -0.1) is 0 Å². The van der Waals surface area contributed by atoms with Crippen LogP contribution in [0.2, 0.25) is 0 Å². The lowest BCUT2D eigenvalue weighted by Crippen LogP contribution is -2.08. The van der Waals surface area contributed by atoms with Gasteiger partial charge in [0.15, 0.2) is 0 Å². The van der Waals surface area contributed by atoms with Gasteiger partial charge in [0.2, 0.25) is 0 Å². The number of halogens is 1. The molecule has 150 valence electrons. The summed E-state index contributed by atoms with van der Waals surface area (Å²) in [7, 11) is 0. The molecule has 0 atom stereocenters. The number of rotatable bonds is 11. The monoisotopic (exact) mass is 470 g/mol. The molecule has 0 aliphatic carbocycles. The highest BCUT2D eigenvalue weighted by Gasteiger charge is 2.12. The molecule has 0 spiro atoms. The Labute approximate surface area is 178 Å². The Morgan fingerprint density at radius 1 is 0.654 bits per heavy atom. The molecule has 0 heterocycles. The molecular weight excluding hydrogens is 427 g/mol. The fraction of sp³-hybridized carbons (Fsp3) is 0.760. The van der Waals surface area contributed by atoms with Crippen LogP contribution in [0.1, 0.15) is 108 Å². The summed E-state index contributed by atoms with van der Waals surface area (Å²) in [6.07, 6.45) is 13.3. The molecule has 0 aliphatic heterocycles. The smallest absolute Gasteiger partial charge is 0.0166 e. The van der Waals surface area contributed by atoms with Crippen LogP contribution >= 0.6 is 22.6 Å². The van der Waals surface area contributed by atoms with Crippen molar-refractivity contribution in [2.75, 3.05) is 0 Å². The molecule has 0 nitrogen and oxygen atoms in total. The standard InChI is InChI=1S/C25H43I/c1-20-18-21(2)23(15-11-9-13-17-25(6,7)26)19-22(20)14-10-8-12-16-24(3,4)5/h18-19H,8-17H2,1-7H3. The van der Waals surface area contributed by atoms with Gasteiger partial charge in [-0.1, -0.05) is 95.0 Å². The maximum absolute atomic E-state index is 2.58. The summed E-state index contributed by atoms with van der Waals surface area (Å²) in [5, 5.41) is 0. The van der Waals surface area contributed by atoms with Gasteiger partial charge in [-0.3, -0.25) is 0 Å². The minimum atomic E-state index is 0.456. The first-order valence-electron chi connectivity index (χ1n) is 10.8. The van der Waals surface area contributed by atoms with Crippen molar-refractivity contribution in [3.63, 3.8) is 0 Å². The van der Waals surface area contributed by atoms with Crippen molar-refractivity contribution in [3.8, 4) is 0 Å². The zero-order chi connectivity index (χ0) is 19.8. The van der Waals surface area contributed by atoms with Crippen LogP contribution in [0.4, 0.5) is 0 Å². The molecule has 1 aromatic rings. The van der Waals surface area contributed by atoms with E-state index in [0.29, 0.717) is 8.84 Å². The lowest BCUT2D eigenvalue weighted by Gasteiger charge is -2.18. The van der Waals surface area contributed by atoms with Crippen LogP contribution in [0, 0.1) is 19.3 Å². The Balaban J connectivity index is 2.44. The Bertz CT molecular complexity index is 483. The van der Waals surface area contributed by atoms with Gasteiger partial charge in [0.1, 0.15) is 0 Å². The number of alkyl halides is 1. The van der Waals surface area contributed by atoms with E-state index in [1.54, 1.807) is 11.1 Å². The van der Waals surface area contributed by atoms with Gasteiger partial charge in [-0.05, 0) is 80.0 Å². The van der Waals surface area contributed by atoms with Crippen LogP contribution in [0.25, 0.3) is 0 Å². The van der Waals surface area contributed by atoms with Gasteiger partial charge in [0.05, 0.1) is 0 Å². The first-order chi connectivity index (χ1) is 12.0. The van der Waals surface area contributed by atoms with E-state index in [9.17, 15) is 0 Å². The largest absolute Gasteiger partial charge is 0.0795 e. The van der Waals surface area contributed by atoms with Crippen LogP contribution < -0.4 is 0 Å². The van der Waals surface area contributed by atoms with Crippen molar-refractivity contribution in [1.82, 2.24) is 0 Å². The Morgan fingerprint density at radius 2 is 1.12 bits per heavy atom. The SMILES string of the molecule is Cc1cc(C)c(CCCCCC(C)(C)I)cc1CCCCCC(C)(C)C. The molecule has 0 saturated heterocycles. The predicted molar refractivity (Wildman–Crippen MR) is 128 cm³/mol. The number of unbranched alkanes of at least 4 members (excludes halogenated alkanes) is 4. The summed E-state index contributed by atoms with van der Waals surface area (Å²) in [6, 6.07) is 4.95. The van der Waals surface area contributed by atoms with Gasteiger partial charge < -0.3 is 0 Å². The zero-order valence-corrected chi connectivity index (χ0v) is 20.8. The first kappa shape index (κ1) is 24.0. The molecule has 0 aliphatic rings. The molecule has 0 N–H and O–H groups in total. The molecule has 0 amide bonds. The van der Waals surface area contributed by atoms with Gasteiger partial charge in [0, 0.05) is 3.42 Å². The van der Waals surface area contributed by atoms with Crippen molar-refractivity contribution in [2.24, 2.45) is 5.41 Å². The van der Waals surface area contributed by atoms with Crippen LogP contribution in [0.5, 0.6) is 0 Å². The second kappa shape index (κ2) is 11.1. The topological polar surface area (TPSA) is 0 Å². The maximum atomic E-state index is 2.58. The summed E-state index contributed by atoms with van der Waals surface area (Å²) in [5.74, 6) is 0. The third kappa shape index (κ3) is 10.9. The molecule has 1 aromatic carbocycles. The third-order valence-corrected chi connectivity index (χ3v) is 5.92. The summed E-state index contributed by atoms with van der Waals surface area (Å²) < 4.78 is 0.456. The lowest BCUT2D eigenvalue weighted by atomic mass is 9.88. The minimum Gasteiger partial charge on any atom is -0.0795 e. The summed E-state index contributed by atoms with van der Waals surface area (Å²) in [5.41, 5.74) is 6.66. The average molecular weight is 471 g/mol. The molecule has 0 aromatic heterocycles. The maximum Gasteiger partial charge on any atom is 0.0166 e. The fourth-order valence-corrected chi connectivity index (χ4v) is 4.05. The molecule has 26 heavy (non-hydrogen) atoms. The number of benzene rings is 1. The van der Waals surface area contributed by atoms with Crippen molar-refractivity contribution in [3.05, 3.63) is 34.4 Å². The van der Waals surface area contributed by atoms with E-state index in [1.165, 1.54) is 75.3 Å². The zero-order valence-electron chi connectivity index (χ0n) is 18.6. The van der Waals surface area contributed by atoms with E-state index >= 15 is 0 Å². The second-order valence-electron chi connectivity index (χ2n) is 10.1. The molecule has 0 fully saturated rings. The first-order valence-corrected chi connectivity index (χ1v) is 11.8. The third-order valence-electron chi connectivity index (χ3n) is 5.38. The molecule has 0 radical (unpaired) electrons. The van der Waals surface area contributed by atoms with Gasteiger partial charge in [-0.2, -0.15) is 0 Å². The highest BCUT2D eigenvalue weighted by molar-refractivity contribution is 14.1. The molecule has 1 rings (SSSR count). The van der Waals surface area contributed by atoms with E-state index < -0.39 is 0 Å². The number of hydrogen-bond donors (Lipinski definition) is 0. The molecule has 0 saturated carbocycles. The van der Waals surface area contributed by atoms with E-state index in [-0.39, 0.29) is 0 Å². The van der Waals surface area contributed by atoms with Gasteiger partial charge in [-0.25, -0.2) is 0 Å². The predicted octanol–water partition coefficient (Wildman–Crippen LogP) is 8.77. The van der Waals surface area contributed by atoms with Crippen LogP contribution in [-0.2, 0) is 12.8 Å². The highest BCUT2D eigenvalue weighted by atomic mass is 127. The number of hydrogen-bond acceptors (Lipinski definition) is 0. The lowest BCUT2D eigenvalue weighted by molar-refractivity contribution is 0.358. The van der Waals surface area contributed by atoms with Crippen molar-refractivity contribution in [2.45, 2.75) is 116 Å². The molecule has 1 heteroatoms. The average Bonchev–Trinajstić information content (AvgIpc) is 2.47. The Kier molecular flexibility index (Phi) is 10.2. The fourth-order valence-electron chi connectivity index (χ4n) is 3.67. The Hall–Kier alpha value is -0.0500. The molecular formula is C25H43I. The van der Waals surface area contributed by atoms with Crippen molar-refractivity contribution in [1.29, 1.82) is 0 Å².